The van der Waals surface area contributed by atoms with E-state index in [0.29, 0.717) is 24.5 Å². The first-order valence-corrected chi connectivity index (χ1v) is 4.63. The van der Waals surface area contributed by atoms with Crippen molar-refractivity contribution in [2.45, 2.75) is 32.7 Å². The number of nitrogens with one attached hydrogen (secondary N) is 1. The molecule has 1 heterocycles. The summed E-state index contributed by atoms with van der Waals surface area (Å²) in [6.45, 7) is 5.88. The molecule has 0 spiro atoms. The van der Waals surface area contributed by atoms with E-state index in [2.05, 4.69) is 19.2 Å². The fraction of sp³-hybridized carbons (Fsp3) is 1.00. The van der Waals surface area contributed by atoms with Crippen LogP contribution >= 0.6 is 0 Å². The third-order valence-electron chi connectivity index (χ3n) is 2.97. The fourth-order valence-electron chi connectivity index (χ4n) is 2.01. The highest BCUT2D eigenvalue weighted by molar-refractivity contribution is 4.82. The molecule has 2 nitrogen and oxygen atoms in total. The van der Waals surface area contributed by atoms with Gasteiger partial charge in [-0.15, -0.1) is 0 Å². The molecule has 0 saturated carbocycles. The van der Waals surface area contributed by atoms with E-state index in [9.17, 15) is 0 Å². The molecule has 0 aromatic rings. The van der Waals surface area contributed by atoms with Gasteiger partial charge in [0, 0.05) is 12.6 Å². The van der Waals surface area contributed by atoms with Gasteiger partial charge in [-0.1, -0.05) is 13.8 Å². The summed E-state index contributed by atoms with van der Waals surface area (Å²) < 4.78 is 0. The number of rotatable bonds is 2. The molecule has 11 heavy (non-hydrogen) atoms. The van der Waals surface area contributed by atoms with Crippen LogP contribution in [0.15, 0.2) is 0 Å². The van der Waals surface area contributed by atoms with Crippen molar-refractivity contribution in [3.63, 3.8) is 0 Å². The molecule has 1 fully saturated rings. The van der Waals surface area contributed by atoms with Crippen LogP contribution in [0.3, 0.4) is 0 Å². The largest absolute Gasteiger partial charge is 0.396 e. The van der Waals surface area contributed by atoms with Crippen molar-refractivity contribution in [3.8, 4) is 0 Å². The zero-order valence-electron chi connectivity index (χ0n) is 7.51. The molecule has 2 heteroatoms. The average molecular weight is 157 g/mol. The number of piperidine rings is 1. The Hall–Kier alpha value is -0.0800. The van der Waals surface area contributed by atoms with Crippen LogP contribution in [0.5, 0.6) is 0 Å². The molecule has 1 aliphatic rings. The van der Waals surface area contributed by atoms with Gasteiger partial charge < -0.3 is 10.4 Å². The van der Waals surface area contributed by atoms with Gasteiger partial charge in [0.25, 0.3) is 0 Å². The molecule has 2 N–H and O–H groups in total. The van der Waals surface area contributed by atoms with Crippen molar-refractivity contribution in [2.24, 2.45) is 11.8 Å². The maximum atomic E-state index is 9.05. The number of hydrogen-bond donors (Lipinski definition) is 2. The maximum Gasteiger partial charge on any atom is 0.0462 e. The van der Waals surface area contributed by atoms with Crippen molar-refractivity contribution in [3.05, 3.63) is 0 Å². The maximum absolute atomic E-state index is 9.05. The third-order valence-corrected chi connectivity index (χ3v) is 2.97. The second-order valence-corrected chi connectivity index (χ2v) is 3.56. The van der Waals surface area contributed by atoms with Gasteiger partial charge in [-0.05, 0) is 31.2 Å². The van der Waals surface area contributed by atoms with Crippen molar-refractivity contribution in [1.82, 2.24) is 5.32 Å². The lowest BCUT2D eigenvalue weighted by Gasteiger charge is -2.35. The molecule has 0 aliphatic carbocycles. The first-order chi connectivity index (χ1) is 5.29. The first-order valence-electron chi connectivity index (χ1n) is 4.63. The molecule has 0 bridgehead atoms. The van der Waals surface area contributed by atoms with Gasteiger partial charge in [0.05, 0.1) is 0 Å². The molecule has 3 unspecified atom stereocenters. The van der Waals surface area contributed by atoms with Gasteiger partial charge in [-0.25, -0.2) is 0 Å². The Labute approximate surface area is 69.0 Å². The second-order valence-electron chi connectivity index (χ2n) is 3.56. The SMILES string of the molecule is CCC1NCCC(CO)C1C. The van der Waals surface area contributed by atoms with E-state index >= 15 is 0 Å². The van der Waals surface area contributed by atoms with Crippen LogP contribution in [0.1, 0.15) is 26.7 Å². The predicted molar refractivity (Wildman–Crippen MR) is 46.4 cm³/mol. The van der Waals surface area contributed by atoms with Crippen LogP contribution in [0.2, 0.25) is 0 Å². The summed E-state index contributed by atoms with van der Waals surface area (Å²) in [5, 5.41) is 12.5. The van der Waals surface area contributed by atoms with Crippen molar-refractivity contribution in [1.29, 1.82) is 0 Å². The molecule has 1 aliphatic heterocycles. The van der Waals surface area contributed by atoms with Gasteiger partial charge in [0.15, 0.2) is 0 Å². The van der Waals surface area contributed by atoms with Gasteiger partial charge in [0.1, 0.15) is 0 Å². The Bertz CT molecular complexity index is 104. The highest BCUT2D eigenvalue weighted by atomic mass is 16.3. The van der Waals surface area contributed by atoms with Crippen molar-refractivity contribution < 1.29 is 5.11 Å². The van der Waals surface area contributed by atoms with E-state index in [1.165, 1.54) is 6.42 Å². The Balaban J connectivity index is 2.45. The molecule has 3 atom stereocenters. The van der Waals surface area contributed by atoms with Crippen LogP contribution in [0.4, 0.5) is 0 Å². The summed E-state index contributed by atoms with van der Waals surface area (Å²) in [6.07, 6.45) is 2.31. The molecule has 1 saturated heterocycles. The van der Waals surface area contributed by atoms with Gasteiger partial charge in [0.2, 0.25) is 0 Å². The standard InChI is InChI=1S/C9H19NO/c1-3-9-7(2)8(6-11)4-5-10-9/h7-11H,3-6H2,1-2H3. The highest BCUT2D eigenvalue weighted by Gasteiger charge is 2.27. The summed E-state index contributed by atoms with van der Waals surface area (Å²) in [4.78, 5) is 0. The van der Waals surface area contributed by atoms with E-state index in [4.69, 9.17) is 5.11 Å². The van der Waals surface area contributed by atoms with E-state index < -0.39 is 0 Å². The smallest absolute Gasteiger partial charge is 0.0462 e. The van der Waals surface area contributed by atoms with E-state index in [0.717, 1.165) is 13.0 Å². The Morgan fingerprint density at radius 3 is 2.82 bits per heavy atom. The number of hydrogen-bond acceptors (Lipinski definition) is 2. The minimum Gasteiger partial charge on any atom is -0.396 e. The molecule has 1 rings (SSSR count). The lowest BCUT2D eigenvalue weighted by atomic mass is 9.81. The van der Waals surface area contributed by atoms with Gasteiger partial charge in [-0.2, -0.15) is 0 Å². The lowest BCUT2D eigenvalue weighted by Crippen LogP contribution is -2.45. The van der Waals surface area contributed by atoms with Gasteiger partial charge in [-0.3, -0.25) is 0 Å². The third kappa shape index (κ3) is 1.94. The van der Waals surface area contributed by atoms with E-state index in [1.54, 1.807) is 0 Å². The molecule has 0 aromatic heterocycles. The zero-order valence-corrected chi connectivity index (χ0v) is 7.51. The van der Waals surface area contributed by atoms with Crippen LogP contribution in [-0.4, -0.2) is 24.3 Å². The second kappa shape index (κ2) is 4.07. The normalized spacial score (nSPS) is 39.0. The number of aliphatic hydroxyl groups is 1. The molecular weight excluding hydrogens is 138 g/mol. The average Bonchev–Trinajstić information content (AvgIpc) is 2.05. The Morgan fingerprint density at radius 1 is 1.55 bits per heavy atom. The fourth-order valence-corrected chi connectivity index (χ4v) is 2.01. The van der Waals surface area contributed by atoms with Crippen molar-refractivity contribution in [2.75, 3.05) is 13.2 Å². The highest BCUT2D eigenvalue weighted by Crippen LogP contribution is 2.24. The quantitative estimate of drug-likeness (QED) is 0.627. The summed E-state index contributed by atoms with van der Waals surface area (Å²) in [5.41, 5.74) is 0. The summed E-state index contributed by atoms with van der Waals surface area (Å²) in [6, 6.07) is 0.626. The Morgan fingerprint density at radius 2 is 2.27 bits per heavy atom. The van der Waals surface area contributed by atoms with Gasteiger partial charge >= 0.3 is 0 Å². The van der Waals surface area contributed by atoms with Crippen LogP contribution in [0.25, 0.3) is 0 Å². The molecule has 0 radical (unpaired) electrons. The summed E-state index contributed by atoms with van der Waals surface area (Å²) in [5.74, 6) is 1.17. The van der Waals surface area contributed by atoms with E-state index in [1.807, 2.05) is 0 Å². The lowest BCUT2D eigenvalue weighted by molar-refractivity contribution is 0.121. The van der Waals surface area contributed by atoms with Crippen LogP contribution < -0.4 is 5.32 Å². The first kappa shape index (κ1) is 9.01. The Kier molecular flexibility index (Phi) is 3.34. The monoisotopic (exact) mass is 157 g/mol. The van der Waals surface area contributed by atoms with Crippen LogP contribution in [0, 0.1) is 11.8 Å². The topological polar surface area (TPSA) is 32.3 Å². The molecular formula is C9H19NO. The summed E-state index contributed by atoms with van der Waals surface area (Å²) in [7, 11) is 0. The van der Waals surface area contributed by atoms with Crippen molar-refractivity contribution >= 4 is 0 Å². The van der Waals surface area contributed by atoms with Crippen LogP contribution in [-0.2, 0) is 0 Å². The zero-order chi connectivity index (χ0) is 8.27. The molecule has 0 amide bonds. The van der Waals surface area contributed by atoms with E-state index in [-0.39, 0.29) is 0 Å². The summed E-state index contributed by atoms with van der Waals surface area (Å²) >= 11 is 0. The predicted octanol–water partition coefficient (Wildman–Crippen LogP) is 1.00. The minimum atomic E-state index is 0.360. The number of aliphatic hydroxyl groups excluding tert-OH is 1. The minimum absolute atomic E-state index is 0.360. The molecule has 0 aromatic carbocycles. The molecule has 66 valence electrons.